The van der Waals surface area contributed by atoms with Crippen LogP contribution in [-0.4, -0.2) is 45.8 Å². The third kappa shape index (κ3) is 5.12. The summed E-state index contributed by atoms with van der Waals surface area (Å²) in [5.41, 5.74) is 0.898. The van der Waals surface area contributed by atoms with Gasteiger partial charge in [0.1, 0.15) is 0 Å². The molecule has 0 fully saturated rings. The third-order valence-corrected chi connectivity index (χ3v) is 4.67. The molecule has 0 spiro atoms. The fraction of sp³-hybridized carbons (Fsp3) is 0.176. The lowest BCUT2D eigenvalue weighted by Crippen LogP contribution is -2.35. The topological polar surface area (TPSA) is 105 Å². The van der Waals surface area contributed by atoms with Crippen molar-refractivity contribution in [3.05, 3.63) is 60.2 Å². The van der Waals surface area contributed by atoms with E-state index in [2.05, 4.69) is 10.2 Å². The van der Waals surface area contributed by atoms with Crippen LogP contribution in [0.15, 0.2) is 59.5 Å². The molecule has 0 unspecified atom stereocenters. The Bertz CT molecular complexity index is 867. The molecule has 0 aromatic heterocycles. The molecule has 0 aliphatic heterocycles. The minimum absolute atomic E-state index is 0.0413. The second-order valence-corrected chi connectivity index (χ2v) is 7.04. The van der Waals surface area contributed by atoms with E-state index in [1.807, 2.05) is 11.0 Å². The molecule has 8 nitrogen and oxygen atoms in total. The Morgan fingerprint density at radius 3 is 2.23 bits per heavy atom. The summed E-state index contributed by atoms with van der Waals surface area (Å²) in [5, 5.41) is 2.69. The second kappa shape index (κ2) is 8.56. The molecule has 0 bridgehead atoms. The summed E-state index contributed by atoms with van der Waals surface area (Å²) in [5.74, 6) is -0.743. The van der Waals surface area contributed by atoms with Gasteiger partial charge in [-0.2, -0.15) is 0 Å². The largest absolute Gasteiger partial charge is 0.332 e. The number of hydrogen-bond acceptors (Lipinski definition) is 5. The second-order valence-electron chi connectivity index (χ2n) is 5.39. The first-order valence-corrected chi connectivity index (χ1v) is 9.07. The van der Waals surface area contributed by atoms with Crippen LogP contribution in [0.2, 0.25) is 0 Å². The van der Waals surface area contributed by atoms with Crippen molar-refractivity contribution in [1.82, 2.24) is 9.79 Å². The molecular formula is C17H19N3O5S. The van der Waals surface area contributed by atoms with Crippen molar-refractivity contribution < 1.29 is 22.8 Å². The molecule has 0 aliphatic carbocycles. The molecule has 0 aliphatic rings. The molecule has 9 heteroatoms. The van der Waals surface area contributed by atoms with Gasteiger partial charge in [-0.1, -0.05) is 23.1 Å². The standard InChI is InChI=1S/C17H19N3O5S/c1-20(12-16(21)18-14-6-4-3-5-7-14)17(22)13-8-10-15(11-9-13)26(23,24)19-25-2/h3-11,19H,12H2,1-2H3,(H,18,21). The highest BCUT2D eigenvalue weighted by atomic mass is 32.2. The average Bonchev–Trinajstić information content (AvgIpc) is 2.62. The van der Waals surface area contributed by atoms with E-state index in [9.17, 15) is 18.0 Å². The van der Waals surface area contributed by atoms with Gasteiger partial charge in [0, 0.05) is 18.3 Å². The van der Waals surface area contributed by atoms with Gasteiger partial charge in [0.05, 0.1) is 18.6 Å². The van der Waals surface area contributed by atoms with E-state index in [-0.39, 0.29) is 22.9 Å². The number of rotatable bonds is 7. The molecule has 26 heavy (non-hydrogen) atoms. The molecule has 2 aromatic carbocycles. The molecule has 0 saturated carbocycles. The molecule has 0 radical (unpaired) electrons. The van der Waals surface area contributed by atoms with Crippen molar-refractivity contribution in [2.24, 2.45) is 0 Å². The Hall–Kier alpha value is -2.75. The van der Waals surface area contributed by atoms with Gasteiger partial charge in [-0.15, -0.1) is 0 Å². The van der Waals surface area contributed by atoms with E-state index in [1.54, 1.807) is 24.3 Å². The number of carbonyl (C=O) groups is 2. The number of nitrogens with one attached hydrogen (secondary N) is 2. The fourth-order valence-electron chi connectivity index (χ4n) is 2.16. The lowest BCUT2D eigenvalue weighted by Gasteiger charge is -2.17. The third-order valence-electron chi connectivity index (χ3n) is 3.39. The Morgan fingerprint density at radius 1 is 1.04 bits per heavy atom. The van der Waals surface area contributed by atoms with Crippen molar-refractivity contribution in [2.45, 2.75) is 4.90 Å². The number of carbonyl (C=O) groups excluding carboxylic acids is 2. The summed E-state index contributed by atoms with van der Waals surface area (Å²) in [4.78, 5) is 31.9. The van der Waals surface area contributed by atoms with E-state index in [0.29, 0.717) is 5.69 Å². The number of amides is 2. The van der Waals surface area contributed by atoms with Crippen LogP contribution in [0.1, 0.15) is 10.4 Å². The molecular weight excluding hydrogens is 358 g/mol. The maximum absolute atomic E-state index is 12.4. The number of anilines is 1. The molecule has 2 aromatic rings. The van der Waals surface area contributed by atoms with Crippen LogP contribution in [0.5, 0.6) is 0 Å². The Kier molecular flexibility index (Phi) is 6.45. The predicted octanol–water partition coefficient (Wildman–Crippen LogP) is 1.24. The molecule has 138 valence electrons. The van der Waals surface area contributed by atoms with Crippen LogP contribution >= 0.6 is 0 Å². The van der Waals surface area contributed by atoms with Crippen molar-refractivity contribution >= 4 is 27.5 Å². The summed E-state index contributed by atoms with van der Waals surface area (Å²) in [7, 11) is -1.11. The number of hydrogen-bond donors (Lipinski definition) is 2. The molecule has 0 saturated heterocycles. The van der Waals surface area contributed by atoms with Gasteiger partial charge >= 0.3 is 0 Å². The highest BCUT2D eigenvalue weighted by Gasteiger charge is 2.18. The normalized spacial score (nSPS) is 11.0. The molecule has 2 N–H and O–H groups in total. The molecule has 2 amide bonds. The molecule has 0 atom stereocenters. The maximum Gasteiger partial charge on any atom is 0.262 e. The van der Waals surface area contributed by atoms with E-state index < -0.39 is 15.9 Å². The van der Waals surface area contributed by atoms with Gasteiger partial charge in [-0.25, -0.2) is 8.42 Å². The van der Waals surface area contributed by atoms with E-state index in [1.165, 1.54) is 43.3 Å². The van der Waals surface area contributed by atoms with Gasteiger partial charge in [0.15, 0.2) is 0 Å². The minimum Gasteiger partial charge on any atom is -0.332 e. The SMILES string of the molecule is CONS(=O)(=O)c1ccc(C(=O)N(C)CC(=O)Nc2ccccc2)cc1. The van der Waals surface area contributed by atoms with Crippen LogP contribution in [0.3, 0.4) is 0 Å². The molecule has 0 heterocycles. The first-order chi connectivity index (χ1) is 12.3. The van der Waals surface area contributed by atoms with Crippen LogP contribution < -0.4 is 10.2 Å². The Morgan fingerprint density at radius 2 is 1.65 bits per heavy atom. The van der Waals surface area contributed by atoms with Gasteiger partial charge in [0.25, 0.3) is 15.9 Å². The summed E-state index contributed by atoms with van der Waals surface area (Å²) in [6.07, 6.45) is 0. The number of benzene rings is 2. The lowest BCUT2D eigenvalue weighted by molar-refractivity contribution is -0.116. The summed E-state index contributed by atoms with van der Waals surface area (Å²) >= 11 is 0. The smallest absolute Gasteiger partial charge is 0.262 e. The van der Waals surface area contributed by atoms with Crippen molar-refractivity contribution in [3.8, 4) is 0 Å². The summed E-state index contributed by atoms with van der Waals surface area (Å²) in [6.45, 7) is -0.140. The van der Waals surface area contributed by atoms with Gasteiger partial charge < -0.3 is 10.2 Å². The monoisotopic (exact) mass is 377 g/mol. The Balaban J connectivity index is 2.00. The van der Waals surface area contributed by atoms with Crippen LogP contribution in [0.25, 0.3) is 0 Å². The average molecular weight is 377 g/mol. The maximum atomic E-state index is 12.4. The predicted molar refractivity (Wildman–Crippen MR) is 95.8 cm³/mol. The zero-order chi connectivity index (χ0) is 19.2. The number of nitrogens with zero attached hydrogens (tertiary/aromatic N) is 1. The van der Waals surface area contributed by atoms with Crippen molar-refractivity contribution in [3.63, 3.8) is 0 Å². The van der Waals surface area contributed by atoms with Gasteiger partial charge in [-0.05, 0) is 36.4 Å². The first-order valence-electron chi connectivity index (χ1n) is 7.58. The highest BCUT2D eigenvalue weighted by Crippen LogP contribution is 2.12. The fourth-order valence-corrected chi connectivity index (χ4v) is 2.97. The van der Waals surface area contributed by atoms with Crippen LogP contribution in [0.4, 0.5) is 5.69 Å². The van der Waals surface area contributed by atoms with E-state index in [4.69, 9.17) is 0 Å². The van der Waals surface area contributed by atoms with Gasteiger partial charge in [0.2, 0.25) is 5.91 Å². The zero-order valence-corrected chi connectivity index (χ0v) is 15.1. The molecule has 2 rings (SSSR count). The van der Waals surface area contributed by atoms with Crippen molar-refractivity contribution in [2.75, 3.05) is 26.0 Å². The van der Waals surface area contributed by atoms with E-state index >= 15 is 0 Å². The number of sulfonamides is 1. The summed E-state index contributed by atoms with van der Waals surface area (Å²) in [6, 6.07) is 14.2. The highest BCUT2D eigenvalue weighted by molar-refractivity contribution is 7.89. The first kappa shape index (κ1) is 19.6. The van der Waals surface area contributed by atoms with Crippen LogP contribution in [0, 0.1) is 0 Å². The minimum atomic E-state index is -3.79. The quantitative estimate of drug-likeness (QED) is 0.707. The Labute approximate surface area is 151 Å². The zero-order valence-electron chi connectivity index (χ0n) is 14.3. The van der Waals surface area contributed by atoms with E-state index in [0.717, 1.165) is 0 Å². The van der Waals surface area contributed by atoms with Gasteiger partial charge in [-0.3, -0.25) is 14.4 Å². The number of likely N-dealkylation sites (N-methyl/N-ethyl adjacent to an activating group) is 1. The summed E-state index contributed by atoms with van der Waals surface area (Å²) < 4.78 is 23.6. The van der Waals surface area contributed by atoms with Crippen molar-refractivity contribution in [1.29, 1.82) is 0 Å². The number of para-hydroxylation sites is 1. The van der Waals surface area contributed by atoms with Crippen LogP contribution in [-0.2, 0) is 19.7 Å². The lowest BCUT2D eigenvalue weighted by atomic mass is 10.2.